The monoisotopic (exact) mass is 1830 g/mol. The Labute approximate surface area is 681 Å². The van der Waals surface area contributed by atoms with Crippen LogP contribution < -0.4 is 19.7 Å². The van der Waals surface area contributed by atoms with E-state index in [0.29, 0.717) is 107 Å². The van der Waals surface area contributed by atoms with Crippen molar-refractivity contribution in [2.75, 3.05) is 53.8 Å². The lowest BCUT2D eigenvalue weighted by Gasteiger charge is -2.15. The number of H-pyrrole nitrogens is 2. The Hall–Kier alpha value is -7.40. The molecule has 0 spiro atoms. The van der Waals surface area contributed by atoms with Crippen molar-refractivity contribution in [2.24, 2.45) is 0 Å². The number of methoxy groups -OCH3 is 3. The van der Waals surface area contributed by atoms with Crippen LogP contribution in [0.25, 0.3) is 77.7 Å². The molecule has 13 aromatic heterocycles. The van der Waals surface area contributed by atoms with Crippen molar-refractivity contribution in [1.29, 1.82) is 0 Å². The second-order valence-corrected chi connectivity index (χ2v) is 54.2. The highest BCUT2D eigenvalue weighted by Crippen LogP contribution is 2.34. The number of rotatable bonds is 25. The molecule has 4 N–H and O–H groups in total. The number of halogens is 6. The first-order valence-corrected chi connectivity index (χ1v) is 52.7. The van der Waals surface area contributed by atoms with Gasteiger partial charge < -0.3 is 43.2 Å². The zero-order chi connectivity index (χ0) is 80.2. The summed E-state index contributed by atoms with van der Waals surface area (Å²) in [6.07, 6.45) is 17.1. The molecule has 13 rings (SSSR count). The number of hydrogen-bond acceptors (Lipinski definition) is 27. The molecule has 13 heterocycles. The maximum absolute atomic E-state index is 8.55. The van der Waals surface area contributed by atoms with E-state index in [4.69, 9.17) is 83.1 Å². The van der Waals surface area contributed by atoms with Crippen molar-refractivity contribution in [2.45, 2.75) is 123 Å². The van der Waals surface area contributed by atoms with Crippen LogP contribution in [0.3, 0.4) is 0 Å². The average molecular weight is 1830 g/mol. The highest BCUT2D eigenvalue weighted by atomic mass is 79.9. The average Bonchev–Trinajstić information content (AvgIpc) is 1.63. The minimum atomic E-state index is -1.38. The third-order valence-corrected chi connectivity index (χ3v) is 24.4. The fraction of sp³-hybridized carbons (Fsp3) is 0.403. The Morgan fingerprint density at radius 1 is 0.427 bits per heavy atom. The standard InChI is InChI=1S/C17H23N5O2Si.C12H19BrN4O2Si.C11H16BrClN4OSi.C11H9N5O.C6H15ClOSi.C5H6BNO2.C5H2BrClN4/c1-23-17-14-15(13-5-7-18-8-6-13)21-22(16(14)19-11-20-17)12-24-9-10-25(2,3)4;1-18-12-9-10(13)16-17(11(9)14-7-15-12)8-19-5-6-20(2,3)4;1-19(2,3)5-4-18-7-17-11-8(9(12)16-17)10(13)14-6-15-11;1-17-11-8-9(7-2-4-12-5-3-7)15-16-10(8)13-6-14-11;1-9(2,3)5-4-8-6-7;8-6(9)5-1-3-7-4-2-5;6-3-2-4(7)8-1-9-5(2)11-10-3/h5-8,11H,9-10,12H2,1-4H3;7H,5-6,8H2,1-4H3;6H,4-5,7H2,1-3H3;2-6H,1H3,(H,13,14,15,16);4-6H2,1-3H3;1-4,8-9H;1H,(H,8,9,10,11). The van der Waals surface area contributed by atoms with Crippen LogP contribution in [0, 0.1) is 0 Å². The lowest BCUT2D eigenvalue weighted by molar-refractivity contribution is 0.0809. The first-order chi connectivity index (χ1) is 52.3. The summed E-state index contributed by atoms with van der Waals surface area (Å²) in [5, 5.41) is 48.7. The molecular weight excluding hydrogens is 1740 g/mol. The molecule has 0 atom stereocenters. The number of ether oxygens (including phenoxy) is 7. The summed E-state index contributed by atoms with van der Waals surface area (Å²) in [5.74, 6) is 1.52. The third kappa shape index (κ3) is 28.1. The van der Waals surface area contributed by atoms with Gasteiger partial charge in [0.15, 0.2) is 28.2 Å². The van der Waals surface area contributed by atoms with E-state index in [9.17, 15) is 0 Å². The van der Waals surface area contributed by atoms with Gasteiger partial charge in [-0.05, 0) is 114 Å². The van der Waals surface area contributed by atoms with Crippen LogP contribution in [0.4, 0.5) is 0 Å². The van der Waals surface area contributed by atoms with Crippen molar-refractivity contribution >= 4 is 183 Å². The van der Waals surface area contributed by atoms with Gasteiger partial charge in [0.05, 0.1) is 37.8 Å². The smallest absolute Gasteiger partial charge is 0.480 e. The van der Waals surface area contributed by atoms with Crippen LogP contribution in [0.2, 0.25) is 113 Å². The van der Waals surface area contributed by atoms with E-state index in [-0.39, 0.29) is 0 Å². The first kappa shape index (κ1) is 89.8. The van der Waals surface area contributed by atoms with Gasteiger partial charge in [0, 0.05) is 107 Å². The number of aromatic nitrogens is 23. The molecule has 32 nitrogen and oxygen atoms in total. The molecule has 0 amide bonds. The summed E-state index contributed by atoms with van der Waals surface area (Å²) >= 11 is 27.1. The van der Waals surface area contributed by atoms with E-state index >= 15 is 0 Å². The molecule has 0 aliphatic heterocycles. The van der Waals surface area contributed by atoms with E-state index in [0.717, 1.165) is 88.6 Å². The van der Waals surface area contributed by atoms with Gasteiger partial charge in [-0.15, -0.1) is 0 Å². The molecule has 0 aromatic carbocycles. The number of alkyl halides is 1. The Morgan fingerprint density at radius 3 is 1.24 bits per heavy atom. The lowest BCUT2D eigenvalue weighted by Crippen LogP contribution is -2.29. The molecule has 588 valence electrons. The van der Waals surface area contributed by atoms with Gasteiger partial charge in [-0.1, -0.05) is 113 Å². The minimum Gasteiger partial charge on any atom is -0.480 e. The van der Waals surface area contributed by atoms with E-state index in [1.165, 1.54) is 50.1 Å². The highest BCUT2D eigenvalue weighted by molar-refractivity contribution is 9.11. The number of hydrogen-bond donors (Lipinski definition) is 4. The van der Waals surface area contributed by atoms with Crippen LogP contribution >= 0.6 is 82.6 Å². The first-order valence-electron chi connectivity index (χ1n) is 34.2. The number of nitrogens with zero attached hydrogens (tertiary/aromatic N) is 21. The van der Waals surface area contributed by atoms with Crippen molar-refractivity contribution < 1.29 is 43.2 Å². The largest absolute Gasteiger partial charge is 0.488 e. The molecular formula is C67H90BBr3Cl3N23O9Si4. The molecule has 13 aromatic rings. The third-order valence-electron chi connectivity index (χ3n) is 15.2. The van der Waals surface area contributed by atoms with Gasteiger partial charge in [-0.3, -0.25) is 25.1 Å². The van der Waals surface area contributed by atoms with Crippen LogP contribution in [-0.4, -0.2) is 218 Å². The number of pyridine rings is 3. The Kier molecular flexibility index (Phi) is 35.6. The van der Waals surface area contributed by atoms with Crippen LogP contribution in [0.5, 0.6) is 17.6 Å². The van der Waals surface area contributed by atoms with Gasteiger partial charge in [-0.2, -0.15) is 25.5 Å². The topological polar surface area (TPSA) is 383 Å². The van der Waals surface area contributed by atoms with E-state index in [2.05, 4.69) is 222 Å². The molecule has 0 unspecified atom stereocenters. The maximum Gasteiger partial charge on any atom is 0.488 e. The van der Waals surface area contributed by atoms with Crippen molar-refractivity contribution in [3.05, 3.63) is 129 Å². The normalized spacial score (nSPS) is 11.4. The van der Waals surface area contributed by atoms with Crippen molar-refractivity contribution in [1.82, 2.24) is 115 Å². The van der Waals surface area contributed by atoms with Crippen LogP contribution in [0.15, 0.2) is 119 Å². The number of aromatic amines is 2. The quantitative estimate of drug-likeness (QED) is 0.0179. The second-order valence-electron chi connectivity index (χ2n) is 28.5. The zero-order valence-corrected chi connectivity index (χ0v) is 74.8. The Bertz CT molecular complexity index is 4950. The summed E-state index contributed by atoms with van der Waals surface area (Å²) in [5.41, 5.74) is 7.21. The predicted molar refractivity (Wildman–Crippen MR) is 450 cm³/mol. The van der Waals surface area contributed by atoms with Gasteiger partial charge in [-0.25, -0.2) is 63.9 Å². The summed E-state index contributed by atoms with van der Waals surface area (Å²) in [4.78, 5) is 52.7. The minimum absolute atomic E-state index is 0.338. The maximum atomic E-state index is 8.55. The van der Waals surface area contributed by atoms with E-state index in [1.807, 2.05) is 24.3 Å². The molecule has 0 aliphatic rings. The predicted octanol–water partition coefficient (Wildman–Crippen LogP) is 14.2. The van der Waals surface area contributed by atoms with Gasteiger partial charge in [0.1, 0.15) is 104 Å². The van der Waals surface area contributed by atoms with E-state index in [1.54, 1.807) is 72.3 Å². The fourth-order valence-electron chi connectivity index (χ4n) is 9.20. The fourth-order valence-corrected chi connectivity index (χ4v) is 14.6. The molecule has 0 aliphatic carbocycles. The summed E-state index contributed by atoms with van der Waals surface area (Å²) < 4.78 is 45.3. The Balaban J connectivity index is 0.000000183. The van der Waals surface area contributed by atoms with Gasteiger partial charge in [0.25, 0.3) is 0 Å². The lowest BCUT2D eigenvalue weighted by atomic mass is 9.81. The second kappa shape index (κ2) is 43.6. The molecule has 0 bridgehead atoms. The van der Waals surface area contributed by atoms with Crippen LogP contribution in [-0.2, 0) is 39.1 Å². The van der Waals surface area contributed by atoms with Crippen LogP contribution in [0.1, 0.15) is 0 Å². The number of fused-ring (bicyclic) bond motifs is 5. The summed E-state index contributed by atoms with van der Waals surface area (Å²) in [6, 6.07) is 15.6. The Morgan fingerprint density at radius 2 is 0.791 bits per heavy atom. The highest BCUT2D eigenvalue weighted by Gasteiger charge is 2.23. The SMILES string of the molecule is COc1ncnc2c1c(-c1ccncc1)nn2COCC[Si](C)(C)C.COc1ncnc2c1c(Br)nn2COCC[Si](C)(C)C.COc1ncnc2n[nH]c(-c3ccncc3)c12.C[Si](C)(C)CCOCCl.C[Si](C)(C)CCOCn1nc(Br)c2c(Cl)ncnc21.Clc1ncnc2n[nH]c(Br)c12.OB(O)c1ccncc1. The summed E-state index contributed by atoms with van der Waals surface area (Å²) in [7, 11) is -0.759. The van der Waals surface area contributed by atoms with Crippen molar-refractivity contribution in [3.63, 3.8) is 0 Å². The molecule has 0 radical (unpaired) electrons. The molecule has 0 saturated heterocycles. The molecule has 110 heavy (non-hydrogen) atoms. The van der Waals surface area contributed by atoms with Gasteiger partial charge in [0.2, 0.25) is 17.6 Å². The molecule has 0 fully saturated rings. The molecule has 0 saturated carbocycles. The zero-order valence-electron chi connectivity index (χ0n) is 63.8. The molecule has 43 heteroatoms. The summed E-state index contributed by atoms with van der Waals surface area (Å²) in [6.45, 7) is 32.1. The van der Waals surface area contributed by atoms with Crippen molar-refractivity contribution in [3.8, 4) is 40.2 Å². The van der Waals surface area contributed by atoms with E-state index < -0.39 is 39.4 Å². The van der Waals surface area contributed by atoms with Gasteiger partial charge >= 0.3 is 7.12 Å². The number of nitrogens with one attached hydrogen (secondary N) is 2.